The second-order valence-electron chi connectivity index (χ2n) is 6.15. The van der Waals surface area contributed by atoms with Crippen molar-refractivity contribution in [1.29, 1.82) is 0 Å². The van der Waals surface area contributed by atoms with E-state index in [4.69, 9.17) is 9.47 Å². The highest BCUT2D eigenvalue weighted by Gasteiger charge is 2.17. The van der Waals surface area contributed by atoms with Gasteiger partial charge in [0.2, 0.25) is 5.75 Å². The van der Waals surface area contributed by atoms with E-state index in [-0.39, 0.29) is 17.1 Å². The Morgan fingerprint density at radius 3 is 2.58 bits per heavy atom. The Hall–Kier alpha value is -2.95. The van der Waals surface area contributed by atoms with Crippen molar-refractivity contribution in [3.63, 3.8) is 0 Å². The molecule has 5 heteroatoms. The van der Waals surface area contributed by atoms with Crippen LogP contribution < -0.4 is 15.0 Å². The van der Waals surface area contributed by atoms with E-state index < -0.39 is 0 Å². The maximum atomic E-state index is 12.7. The van der Waals surface area contributed by atoms with Gasteiger partial charge >= 0.3 is 0 Å². The minimum absolute atomic E-state index is 0.0217. The number of pyridine rings is 1. The molecule has 0 radical (unpaired) electrons. The van der Waals surface area contributed by atoms with E-state index in [1.54, 1.807) is 22.8 Å². The molecule has 0 fully saturated rings. The molecule has 0 saturated heterocycles. The summed E-state index contributed by atoms with van der Waals surface area (Å²) in [6.07, 6.45) is 1.82. The zero-order valence-corrected chi connectivity index (χ0v) is 15.1. The summed E-state index contributed by atoms with van der Waals surface area (Å²) < 4.78 is 12.6. The van der Waals surface area contributed by atoms with Crippen LogP contribution in [0, 0.1) is 0 Å². The molecule has 1 aromatic heterocycles. The lowest BCUT2D eigenvalue weighted by molar-refractivity contribution is 0.306. The second kappa shape index (κ2) is 7.95. The molecule has 0 atom stereocenters. The fraction of sp³-hybridized carbons (Fsp3) is 0.286. The van der Waals surface area contributed by atoms with E-state index >= 15 is 0 Å². The first-order valence-corrected chi connectivity index (χ1v) is 8.76. The number of aromatic nitrogens is 1. The number of rotatable bonds is 7. The zero-order valence-electron chi connectivity index (χ0n) is 15.1. The number of benzene rings is 2. The predicted octanol–water partition coefficient (Wildman–Crippen LogP) is 4.09. The maximum absolute atomic E-state index is 12.7. The van der Waals surface area contributed by atoms with Gasteiger partial charge in [0.25, 0.3) is 5.56 Å². The number of ether oxygens (including phenoxy) is 2. The topological polar surface area (TPSA) is 60.7 Å². The van der Waals surface area contributed by atoms with Crippen LogP contribution in [0.1, 0.15) is 25.3 Å². The molecule has 0 unspecified atom stereocenters. The van der Waals surface area contributed by atoms with Gasteiger partial charge in [0.05, 0.1) is 12.6 Å². The first-order chi connectivity index (χ1) is 12.7. The largest absolute Gasteiger partial charge is 0.504 e. The summed E-state index contributed by atoms with van der Waals surface area (Å²) in [6, 6.07) is 15.2. The minimum atomic E-state index is -0.328. The summed E-state index contributed by atoms with van der Waals surface area (Å²) in [4.78, 5) is 12.7. The molecule has 1 N–H and O–H groups in total. The van der Waals surface area contributed by atoms with Crippen LogP contribution in [-0.2, 0) is 13.2 Å². The van der Waals surface area contributed by atoms with E-state index in [2.05, 4.69) is 6.92 Å². The molecule has 3 aromatic rings. The number of aryl methyl sites for hydroxylation is 1. The van der Waals surface area contributed by atoms with E-state index in [0.29, 0.717) is 29.8 Å². The standard InChI is InChI=1S/C21H23NO4/c1-3-4-12-22-18-13-16(26-14-15-8-6-5-7-9-15)10-11-17(18)19(23)20(25-2)21(22)24/h5-11,13,23H,3-4,12,14H2,1-2H3. The van der Waals surface area contributed by atoms with Crippen molar-refractivity contribution in [2.45, 2.75) is 32.9 Å². The molecule has 0 aliphatic heterocycles. The number of aromatic hydroxyl groups is 1. The van der Waals surface area contributed by atoms with Gasteiger partial charge in [-0.1, -0.05) is 43.7 Å². The second-order valence-corrected chi connectivity index (χ2v) is 6.15. The van der Waals surface area contributed by atoms with E-state index in [1.807, 2.05) is 30.3 Å². The summed E-state index contributed by atoms with van der Waals surface area (Å²) >= 11 is 0. The number of unbranched alkanes of at least 4 members (excludes halogenated alkanes) is 1. The van der Waals surface area contributed by atoms with Crippen molar-refractivity contribution < 1.29 is 14.6 Å². The first kappa shape index (κ1) is 17.9. The molecule has 0 bridgehead atoms. The van der Waals surface area contributed by atoms with Crippen LogP contribution in [0.3, 0.4) is 0 Å². The fourth-order valence-electron chi connectivity index (χ4n) is 2.94. The molecule has 0 saturated carbocycles. The van der Waals surface area contributed by atoms with Crippen molar-refractivity contribution in [3.8, 4) is 17.2 Å². The number of methoxy groups -OCH3 is 1. The molecule has 0 aliphatic carbocycles. The smallest absolute Gasteiger partial charge is 0.297 e. The van der Waals surface area contributed by atoms with Crippen LogP contribution in [-0.4, -0.2) is 16.8 Å². The van der Waals surface area contributed by atoms with Crippen LogP contribution in [0.15, 0.2) is 53.3 Å². The van der Waals surface area contributed by atoms with Crippen LogP contribution in [0.2, 0.25) is 0 Å². The molecule has 5 nitrogen and oxygen atoms in total. The molecule has 136 valence electrons. The van der Waals surface area contributed by atoms with Crippen LogP contribution >= 0.6 is 0 Å². The predicted molar refractivity (Wildman–Crippen MR) is 102 cm³/mol. The van der Waals surface area contributed by atoms with Gasteiger partial charge in [0.1, 0.15) is 12.4 Å². The average Bonchev–Trinajstić information content (AvgIpc) is 2.67. The average molecular weight is 353 g/mol. The summed E-state index contributed by atoms with van der Waals surface area (Å²) in [5.41, 5.74) is 1.38. The van der Waals surface area contributed by atoms with Gasteiger partial charge < -0.3 is 19.1 Å². The molecule has 2 aromatic carbocycles. The highest BCUT2D eigenvalue weighted by molar-refractivity contribution is 5.88. The molecule has 26 heavy (non-hydrogen) atoms. The Bertz CT molecular complexity index is 948. The third-order valence-corrected chi connectivity index (χ3v) is 4.36. The normalized spacial score (nSPS) is 10.8. The molecule has 0 aliphatic rings. The minimum Gasteiger partial charge on any atom is -0.504 e. The monoisotopic (exact) mass is 353 g/mol. The number of fused-ring (bicyclic) bond motifs is 1. The Labute approximate surface area is 152 Å². The highest BCUT2D eigenvalue weighted by Crippen LogP contribution is 2.33. The Morgan fingerprint density at radius 2 is 1.88 bits per heavy atom. The maximum Gasteiger partial charge on any atom is 0.297 e. The van der Waals surface area contributed by atoms with Gasteiger partial charge in [-0.25, -0.2) is 0 Å². The molecular weight excluding hydrogens is 330 g/mol. The van der Waals surface area contributed by atoms with Gasteiger partial charge in [0.15, 0.2) is 5.75 Å². The molecule has 3 rings (SSSR count). The lowest BCUT2D eigenvalue weighted by atomic mass is 10.1. The zero-order chi connectivity index (χ0) is 18.5. The third kappa shape index (κ3) is 3.52. The Morgan fingerprint density at radius 1 is 1.12 bits per heavy atom. The summed E-state index contributed by atoms with van der Waals surface area (Å²) in [5, 5.41) is 11.0. The van der Waals surface area contributed by atoms with Crippen LogP contribution in [0.5, 0.6) is 17.2 Å². The van der Waals surface area contributed by atoms with E-state index in [0.717, 1.165) is 18.4 Å². The molecular formula is C21H23NO4. The number of hydrogen-bond donors (Lipinski definition) is 1. The number of nitrogens with zero attached hydrogens (tertiary/aromatic N) is 1. The molecule has 1 heterocycles. The quantitative estimate of drug-likeness (QED) is 0.695. The van der Waals surface area contributed by atoms with Crippen molar-refractivity contribution in [1.82, 2.24) is 4.57 Å². The fourth-order valence-corrected chi connectivity index (χ4v) is 2.94. The van der Waals surface area contributed by atoms with Crippen LogP contribution in [0.4, 0.5) is 0 Å². The Kier molecular flexibility index (Phi) is 5.46. The van der Waals surface area contributed by atoms with E-state index in [9.17, 15) is 9.90 Å². The lowest BCUT2D eigenvalue weighted by Crippen LogP contribution is -2.22. The van der Waals surface area contributed by atoms with Gasteiger partial charge in [-0.15, -0.1) is 0 Å². The van der Waals surface area contributed by atoms with Crippen molar-refractivity contribution in [2.24, 2.45) is 0 Å². The molecule has 0 amide bonds. The van der Waals surface area contributed by atoms with Gasteiger partial charge in [0, 0.05) is 18.0 Å². The number of hydrogen-bond acceptors (Lipinski definition) is 4. The van der Waals surface area contributed by atoms with Crippen LogP contribution in [0.25, 0.3) is 10.9 Å². The van der Waals surface area contributed by atoms with E-state index in [1.165, 1.54) is 7.11 Å². The third-order valence-electron chi connectivity index (χ3n) is 4.36. The van der Waals surface area contributed by atoms with Gasteiger partial charge in [-0.3, -0.25) is 4.79 Å². The lowest BCUT2D eigenvalue weighted by Gasteiger charge is -2.15. The highest BCUT2D eigenvalue weighted by atomic mass is 16.5. The summed E-state index contributed by atoms with van der Waals surface area (Å²) in [5.74, 6) is 0.497. The van der Waals surface area contributed by atoms with Crippen molar-refractivity contribution in [3.05, 3.63) is 64.4 Å². The van der Waals surface area contributed by atoms with Crippen molar-refractivity contribution in [2.75, 3.05) is 7.11 Å². The SMILES string of the molecule is CCCCn1c(=O)c(OC)c(O)c2ccc(OCc3ccccc3)cc21. The first-order valence-electron chi connectivity index (χ1n) is 8.76. The Balaban J connectivity index is 2.02. The summed E-state index contributed by atoms with van der Waals surface area (Å²) in [6.45, 7) is 3.07. The summed E-state index contributed by atoms with van der Waals surface area (Å²) in [7, 11) is 1.39. The molecule has 0 spiro atoms. The van der Waals surface area contributed by atoms with Gasteiger partial charge in [-0.2, -0.15) is 0 Å². The van der Waals surface area contributed by atoms with Gasteiger partial charge in [-0.05, 0) is 24.1 Å². The van der Waals surface area contributed by atoms with Crippen molar-refractivity contribution >= 4 is 10.9 Å².